The van der Waals surface area contributed by atoms with E-state index in [1.54, 1.807) is 0 Å². The molecule has 4 nitrogen and oxygen atoms in total. The van der Waals surface area contributed by atoms with Crippen molar-refractivity contribution in [3.63, 3.8) is 0 Å². The fourth-order valence-corrected chi connectivity index (χ4v) is 2.32. The summed E-state index contributed by atoms with van der Waals surface area (Å²) in [6.45, 7) is 8.84. The number of aryl methyl sites for hydroxylation is 1. The Morgan fingerprint density at radius 2 is 1.75 bits per heavy atom. The number of hydrogen-bond acceptors (Lipinski definition) is 4. The number of benzene rings is 2. The molecule has 0 bridgehead atoms. The summed E-state index contributed by atoms with van der Waals surface area (Å²) in [7, 11) is 0. The smallest absolute Gasteiger partial charge is 0.254 e. The fraction of sp³-hybridized carbons (Fsp3) is 0.300. The lowest BCUT2D eigenvalue weighted by atomic mass is 9.87. The summed E-state index contributed by atoms with van der Waals surface area (Å²) in [6.07, 6.45) is 0. The summed E-state index contributed by atoms with van der Waals surface area (Å²) in [5, 5.41) is 8.15. The van der Waals surface area contributed by atoms with Gasteiger partial charge in [0.25, 0.3) is 5.89 Å². The van der Waals surface area contributed by atoms with E-state index in [1.807, 2.05) is 43.3 Å². The third-order valence-corrected chi connectivity index (χ3v) is 3.83. The van der Waals surface area contributed by atoms with Crippen molar-refractivity contribution in [3.05, 3.63) is 65.5 Å². The molecule has 0 aliphatic rings. The van der Waals surface area contributed by atoms with E-state index >= 15 is 0 Å². The Kier molecular flexibility index (Phi) is 4.38. The molecule has 3 aromatic rings. The Morgan fingerprint density at radius 1 is 1.00 bits per heavy atom. The lowest BCUT2D eigenvalue weighted by molar-refractivity contribution is 0.264. The second kappa shape index (κ2) is 6.48. The lowest BCUT2D eigenvalue weighted by Crippen LogP contribution is -2.11. The third-order valence-electron chi connectivity index (χ3n) is 3.83. The Hall–Kier alpha value is -2.62. The first-order chi connectivity index (χ1) is 11.4. The highest BCUT2D eigenvalue weighted by Crippen LogP contribution is 2.26. The van der Waals surface area contributed by atoms with Gasteiger partial charge in [-0.25, -0.2) is 0 Å². The van der Waals surface area contributed by atoms with Crippen LogP contribution in [0.5, 0.6) is 5.75 Å². The van der Waals surface area contributed by atoms with Gasteiger partial charge in [-0.3, -0.25) is 0 Å². The molecule has 3 rings (SSSR count). The SMILES string of the molecule is Cc1ccc(-c2nnc(COc3cccc(C(C)(C)C)c3)o2)cc1. The van der Waals surface area contributed by atoms with Crippen molar-refractivity contribution in [2.75, 3.05) is 0 Å². The van der Waals surface area contributed by atoms with E-state index in [1.165, 1.54) is 11.1 Å². The first-order valence-electron chi connectivity index (χ1n) is 8.04. The van der Waals surface area contributed by atoms with Gasteiger partial charge < -0.3 is 9.15 Å². The van der Waals surface area contributed by atoms with Crippen LogP contribution in [0.2, 0.25) is 0 Å². The van der Waals surface area contributed by atoms with Crippen molar-refractivity contribution >= 4 is 0 Å². The molecule has 0 atom stereocenters. The topological polar surface area (TPSA) is 48.2 Å². The summed E-state index contributed by atoms with van der Waals surface area (Å²) >= 11 is 0. The number of aromatic nitrogens is 2. The Labute approximate surface area is 142 Å². The van der Waals surface area contributed by atoms with Gasteiger partial charge in [0.05, 0.1) is 0 Å². The van der Waals surface area contributed by atoms with E-state index in [-0.39, 0.29) is 12.0 Å². The number of hydrogen-bond donors (Lipinski definition) is 0. The summed E-state index contributed by atoms with van der Waals surface area (Å²) in [5.74, 6) is 1.78. The summed E-state index contributed by atoms with van der Waals surface area (Å²) < 4.78 is 11.5. The van der Waals surface area contributed by atoms with Gasteiger partial charge in [0.15, 0.2) is 6.61 Å². The van der Waals surface area contributed by atoms with E-state index in [0.29, 0.717) is 11.8 Å². The highest BCUT2D eigenvalue weighted by Gasteiger charge is 2.14. The van der Waals surface area contributed by atoms with Crippen LogP contribution in [-0.2, 0) is 12.0 Å². The molecule has 0 saturated heterocycles. The van der Waals surface area contributed by atoms with Gasteiger partial charge in [-0.1, -0.05) is 50.6 Å². The molecule has 24 heavy (non-hydrogen) atoms. The van der Waals surface area contributed by atoms with Gasteiger partial charge in [-0.2, -0.15) is 0 Å². The van der Waals surface area contributed by atoms with Crippen LogP contribution in [-0.4, -0.2) is 10.2 Å². The molecule has 0 unspecified atom stereocenters. The Balaban J connectivity index is 1.69. The van der Waals surface area contributed by atoms with Crippen molar-refractivity contribution in [3.8, 4) is 17.2 Å². The van der Waals surface area contributed by atoms with Crippen LogP contribution in [0.15, 0.2) is 52.9 Å². The fourth-order valence-electron chi connectivity index (χ4n) is 2.32. The molecule has 0 aliphatic carbocycles. The molecule has 4 heteroatoms. The van der Waals surface area contributed by atoms with Crippen molar-refractivity contribution in [2.24, 2.45) is 0 Å². The summed E-state index contributed by atoms with van der Waals surface area (Å²) in [5.41, 5.74) is 3.42. The standard InChI is InChI=1S/C20H22N2O2/c1-14-8-10-15(11-9-14)19-22-21-18(24-19)13-23-17-7-5-6-16(12-17)20(2,3)4/h5-12H,13H2,1-4H3. The van der Waals surface area contributed by atoms with Crippen LogP contribution in [0, 0.1) is 6.92 Å². The molecule has 0 aliphatic heterocycles. The maximum absolute atomic E-state index is 5.80. The second-order valence-electron chi connectivity index (χ2n) is 6.93. The lowest BCUT2D eigenvalue weighted by Gasteiger charge is -2.19. The van der Waals surface area contributed by atoms with Gasteiger partial charge >= 0.3 is 0 Å². The molecule has 0 spiro atoms. The van der Waals surface area contributed by atoms with Crippen LogP contribution in [0.3, 0.4) is 0 Å². The van der Waals surface area contributed by atoms with Crippen molar-refractivity contribution < 1.29 is 9.15 Å². The van der Waals surface area contributed by atoms with Crippen LogP contribution >= 0.6 is 0 Å². The van der Waals surface area contributed by atoms with Crippen LogP contribution in [0.25, 0.3) is 11.5 Å². The van der Waals surface area contributed by atoms with Crippen LogP contribution < -0.4 is 4.74 Å². The van der Waals surface area contributed by atoms with Crippen molar-refractivity contribution in [1.82, 2.24) is 10.2 Å². The average Bonchev–Trinajstić information content (AvgIpc) is 3.02. The van der Waals surface area contributed by atoms with Gasteiger partial charge in [0.2, 0.25) is 5.89 Å². The first kappa shape index (κ1) is 16.2. The number of nitrogens with zero attached hydrogens (tertiary/aromatic N) is 2. The normalized spacial score (nSPS) is 11.5. The number of ether oxygens (including phenoxy) is 1. The number of rotatable bonds is 4. The van der Waals surface area contributed by atoms with Gasteiger partial charge in [-0.15, -0.1) is 10.2 Å². The third kappa shape index (κ3) is 3.82. The predicted molar refractivity (Wildman–Crippen MR) is 93.9 cm³/mol. The van der Waals surface area contributed by atoms with E-state index in [4.69, 9.17) is 9.15 Å². The van der Waals surface area contributed by atoms with Crippen LogP contribution in [0.1, 0.15) is 37.8 Å². The average molecular weight is 322 g/mol. The molecule has 2 aromatic carbocycles. The minimum absolute atomic E-state index is 0.0858. The molecule has 0 radical (unpaired) electrons. The van der Waals surface area contributed by atoms with E-state index in [9.17, 15) is 0 Å². The Bertz CT molecular complexity index is 814. The molecule has 1 aromatic heterocycles. The molecule has 0 saturated carbocycles. The van der Waals surface area contributed by atoms with E-state index in [2.05, 4.69) is 43.1 Å². The van der Waals surface area contributed by atoms with Crippen LogP contribution in [0.4, 0.5) is 0 Å². The first-order valence-corrected chi connectivity index (χ1v) is 8.04. The quantitative estimate of drug-likeness (QED) is 0.684. The zero-order valence-corrected chi connectivity index (χ0v) is 14.5. The molecule has 124 valence electrons. The Morgan fingerprint density at radius 3 is 2.46 bits per heavy atom. The second-order valence-corrected chi connectivity index (χ2v) is 6.93. The minimum Gasteiger partial charge on any atom is -0.484 e. The minimum atomic E-state index is 0.0858. The monoisotopic (exact) mass is 322 g/mol. The van der Waals surface area contributed by atoms with Gasteiger partial charge in [0, 0.05) is 5.56 Å². The zero-order valence-electron chi connectivity index (χ0n) is 14.5. The van der Waals surface area contributed by atoms with Gasteiger partial charge in [0.1, 0.15) is 5.75 Å². The maximum Gasteiger partial charge on any atom is 0.254 e. The molecule has 0 fully saturated rings. The van der Waals surface area contributed by atoms with E-state index in [0.717, 1.165) is 11.3 Å². The van der Waals surface area contributed by atoms with Crippen molar-refractivity contribution in [2.45, 2.75) is 39.7 Å². The summed E-state index contributed by atoms with van der Waals surface area (Å²) in [4.78, 5) is 0. The molecular formula is C20H22N2O2. The molecule has 1 heterocycles. The molecule has 0 amide bonds. The maximum atomic E-state index is 5.80. The highest BCUT2D eigenvalue weighted by molar-refractivity contribution is 5.52. The molecular weight excluding hydrogens is 300 g/mol. The van der Waals surface area contributed by atoms with Gasteiger partial charge in [-0.05, 0) is 42.2 Å². The van der Waals surface area contributed by atoms with Crippen molar-refractivity contribution in [1.29, 1.82) is 0 Å². The van der Waals surface area contributed by atoms with E-state index < -0.39 is 0 Å². The molecule has 0 N–H and O–H groups in total. The zero-order chi connectivity index (χ0) is 17.2. The predicted octanol–water partition coefficient (Wildman–Crippen LogP) is 4.92. The highest BCUT2D eigenvalue weighted by atomic mass is 16.5. The largest absolute Gasteiger partial charge is 0.484 e. The summed E-state index contributed by atoms with van der Waals surface area (Å²) in [6, 6.07) is 16.1.